The molecular formula is C8H16N4S. The van der Waals surface area contributed by atoms with Crippen LogP contribution >= 0.6 is 11.8 Å². The summed E-state index contributed by atoms with van der Waals surface area (Å²) in [7, 11) is 3.89. The molecular weight excluding hydrogens is 184 g/mol. The molecule has 0 aliphatic heterocycles. The molecule has 0 unspecified atom stereocenters. The smallest absolute Gasteiger partial charge is 0.173 e. The summed E-state index contributed by atoms with van der Waals surface area (Å²) in [6.07, 6.45) is 3.92. The molecule has 0 saturated heterocycles. The van der Waals surface area contributed by atoms with Crippen LogP contribution in [0.2, 0.25) is 0 Å². The molecule has 1 aromatic rings. The van der Waals surface area contributed by atoms with E-state index in [0.717, 1.165) is 23.8 Å². The highest BCUT2D eigenvalue weighted by atomic mass is 32.2. The second kappa shape index (κ2) is 4.41. The van der Waals surface area contributed by atoms with Crippen molar-refractivity contribution in [1.82, 2.24) is 9.78 Å². The summed E-state index contributed by atoms with van der Waals surface area (Å²) in [6.45, 7) is 0.975. The van der Waals surface area contributed by atoms with Crippen molar-refractivity contribution in [3.05, 3.63) is 6.20 Å². The molecule has 2 N–H and O–H groups in total. The zero-order chi connectivity index (χ0) is 9.84. The second-order valence-corrected chi connectivity index (χ2v) is 3.98. The van der Waals surface area contributed by atoms with Gasteiger partial charge in [-0.15, -0.1) is 0 Å². The maximum atomic E-state index is 5.78. The Bertz CT molecular complexity index is 271. The number of nitrogens with two attached hydrogens (primary N) is 1. The van der Waals surface area contributed by atoms with Crippen LogP contribution in [0.15, 0.2) is 6.20 Å². The summed E-state index contributed by atoms with van der Waals surface area (Å²) in [5, 5.41) is 4.27. The van der Waals surface area contributed by atoms with Gasteiger partial charge in [0.15, 0.2) is 5.82 Å². The van der Waals surface area contributed by atoms with E-state index >= 15 is 0 Å². The molecule has 1 aromatic heterocycles. The van der Waals surface area contributed by atoms with Crippen molar-refractivity contribution in [2.24, 2.45) is 7.05 Å². The summed E-state index contributed by atoms with van der Waals surface area (Å²) in [6, 6.07) is 0. The highest BCUT2D eigenvalue weighted by Gasteiger charge is 2.08. The van der Waals surface area contributed by atoms with Crippen molar-refractivity contribution >= 4 is 23.3 Å². The first kappa shape index (κ1) is 10.2. The maximum absolute atomic E-state index is 5.78. The van der Waals surface area contributed by atoms with Crippen molar-refractivity contribution in [2.45, 2.75) is 0 Å². The van der Waals surface area contributed by atoms with Gasteiger partial charge in [0.25, 0.3) is 0 Å². The first-order valence-corrected chi connectivity index (χ1v) is 5.53. The van der Waals surface area contributed by atoms with Crippen LogP contribution in [-0.4, -0.2) is 35.4 Å². The normalized spacial score (nSPS) is 10.4. The number of nitrogens with zero attached hydrogens (tertiary/aromatic N) is 3. The number of aromatic nitrogens is 2. The van der Waals surface area contributed by atoms with E-state index < -0.39 is 0 Å². The first-order valence-electron chi connectivity index (χ1n) is 4.14. The molecule has 4 nitrogen and oxygen atoms in total. The Hall–Kier alpha value is -0.840. The highest BCUT2D eigenvalue weighted by Crippen LogP contribution is 2.18. The molecule has 74 valence electrons. The number of hydrogen-bond acceptors (Lipinski definition) is 4. The Labute approximate surface area is 83.1 Å². The molecule has 1 heterocycles. The van der Waals surface area contributed by atoms with Gasteiger partial charge in [-0.1, -0.05) is 0 Å². The number of hydrogen-bond donors (Lipinski definition) is 1. The molecule has 0 aliphatic carbocycles. The van der Waals surface area contributed by atoms with Gasteiger partial charge in [0, 0.05) is 32.6 Å². The average molecular weight is 200 g/mol. The van der Waals surface area contributed by atoms with Crippen molar-refractivity contribution in [2.75, 3.05) is 36.2 Å². The lowest BCUT2D eigenvalue weighted by Gasteiger charge is -2.15. The largest absolute Gasteiger partial charge is 0.394 e. The molecule has 13 heavy (non-hydrogen) atoms. The summed E-state index contributed by atoms with van der Waals surface area (Å²) < 4.78 is 1.74. The fourth-order valence-electron chi connectivity index (χ4n) is 1.13. The van der Waals surface area contributed by atoms with Crippen molar-refractivity contribution in [1.29, 1.82) is 0 Å². The topological polar surface area (TPSA) is 47.1 Å². The fraction of sp³-hybridized carbons (Fsp3) is 0.625. The van der Waals surface area contributed by atoms with Crippen molar-refractivity contribution in [3.63, 3.8) is 0 Å². The number of aryl methyl sites for hydroxylation is 1. The maximum Gasteiger partial charge on any atom is 0.173 e. The molecule has 0 atom stereocenters. The van der Waals surface area contributed by atoms with Gasteiger partial charge < -0.3 is 10.6 Å². The minimum absolute atomic E-state index is 0.742. The predicted molar refractivity (Wildman–Crippen MR) is 59.3 cm³/mol. The molecule has 0 bridgehead atoms. The van der Waals surface area contributed by atoms with Crippen molar-refractivity contribution in [3.8, 4) is 0 Å². The van der Waals surface area contributed by atoms with Gasteiger partial charge in [-0.25, -0.2) is 0 Å². The van der Waals surface area contributed by atoms with E-state index in [1.165, 1.54) is 0 Å². The third-order valence-electron chi connectivity index (χ3n) is 1.83. The second-order valence-electron chi connectivity index (χ2n) is 3.00. The molecule has 1 rings (SSSR count). The molecule has 0 spiro atoms. The van der Waals surface area contributed by atoms with Gasteiger partial charge in [0.05, 0.1) is 5.69 Å². The van der Waals surface area contributed by atoms with E-state index in [0.29, 0.717) is 0 Å². The zero-order valence-electron chi connectivity index (χ0n) is 8.32. The van der Waals surface area contributed by atoms with Crippen LogP contribution < -0.4 is 10.6 Å². The molecule has 0 radical (unpaired) electrons. The van der Waals surface area contributed by atoms with Gasteiger partial charge >= 0.3 is 0 Å². The minimum Gasteiger partial charge on any atom is -0.394 e. The summed E-state index contributed by atoms with van der Waals surface area (Å²) in [5.41, 5.74) is 6.52. The summed E-state index contributed by atoms with van der Waals surface area (Å²) in [5.74, 6) is 1.96. The van der Waals surface area contributed by atoms with Crippen LogP contribution in [0.25, 0.3) is 0 Å². The van der Waals surface area contributed by atoms with E-state index in [9.17, 15) is 0 Å². The lowest BCUT2D eigenvalue weighted by molar-refractivity contribution is 0.756. The lowest BCUT2D eigenvalue weighted by Crippen LogP contribution is -2.21. The number of thioether (sulfide) groups is 1. The van der Waals surface area contributed by atoms with Crippen LogP contribution in [0.4, 0.5) is 11.5 Å². The average Bonchev–Trinajstić information content (AvgIpc) is 2.41. The first-order chi connectivity index (χ1) is 6.15. The monoisotopic (exact) mass is 200 g/mol. The molecule has 0 aromatic carbocycles. The van der Waals surface area contributed by atoms with Crippen molar-refractivity contribution < 1.29 is 0 Å². The summed E-state index contributed by atoms with van der Waals surface area (Å²) >= 11 is 1.82. The molecule has 0 aliphatic rings. The molecule has 0 fully saturated rings. The lowest BCUT2D eigenvalue weighted by atomic mass is 10.5. The standard InChI is InChI=1S/C8H16N4S/c1-11(4-5-13-3)8-7(9)6-12(2)10-8/h6H,4-5,9H2,1-3H3. The van der Waals surface area contributed by atoms with E-state index in [1.54, 1.807) is 4.68 Å². The number of anilines is 2. The van der Waals surface area contributed by atoms with E-state index in [1.807, 2.05) is 32.1 Å². The number of rotatable bonds is 4. The molecule has 5 heteroatoms. The molecule has 0 amide bonds. The van der Waals surface area contributed by atoms with Crippen LogP contribution in [0, 0.1) is 0 Å². The van der Waals surface area contributed by atoms with Gasteiger partial charge in [0.1, 0.15) is 0 Å². The van der Waals surface area contributed by atoms with Crippen LogP contribution in [0.3, 0.4) is 0 Å². The van der Waals surface area contributed by atoms with Crippen LogP contribution in [0.5, 0.6) is 0 Å². The van der Waals surface area contributed by atoms with Gasteiger partial charge in [-0.2, -0.15) is 16.9 Å². The van der Waals surface area contributed by atoms with Crippen LogP contribution in [0.1, 0.15) is 0 Å². The Morgan fingerprint density at radius 2 is 2.38 bits per heavy atom. The third kappa shape index (κ3) is 2.55. The predicted octanol–water partition coefficient (Wildman–Crippen LogP) is 0.801. The highest BCUT2D eigenvalue weighted by molar-refractivity contribution is 7.98. The number of nitrogen functional groups attached to an aromatic ring is 1. The minimum atomic E-state index is 0.742. The van der Waals surface area contributed by atoms with E-state index in [-0.39, 0.29) is 0 Å². The SMILES string of the molecule is CSCCN(C)c1nn(C)cc1N. The third-order valence-corrected chi connectivity index (χ3v) is 2.42. The van der Waals surface area contributed by atoms with E-state index in [4.69, 9.17) is 5.73 Å². The summed E-state index contributed by atoms with van der Waals surface area (Å²) in [4.78, 5) is 2.08. The Kier molecular flexibility index (Phi) is 3.48. The van der Waals surface area contributed by atoms with Crippen LogP contribution in [-0.2, 0) is 7.05 Å². The van der Waals surface area contributed by atoms with Gasteiger partial charge in [0.2, 0.25) is 0 Å². The fourth-order valence-corrected chi connectivity index (χ4v) is 1.58. The Balaban J connectivity index is 2.64. The van der Waals surface area contributed by atoms with Gasteiger partial charge in [-0.3, -0.25) is 4.68 Å². The Morgan fingerprint density at radius 1 is 1.69 bits per heavy atom. The zero-order valence-corrected chi connectivity index (χ0v) is 9.14. The quantitative estimate of drug-likeness (QED) is 0.781. The Morgan fingerprint density at radius 3 is 2.85 bits per heavy atom. The molecule has 0 saturated carbocycles. The van der Waals surface area contributed by atoms with E-state index in [2.05, 4.69) is 16.3 Å². The van der Waals surface area contributed by atoms with Gasteiger partial charge in [-0.05, 0) is 6.26 Å².